The van der Waals surface area contributed by atoms with E-state index in [2.05, 4.69) is 71.3 Å². The molecule has 0 heterocycles. The molecule has 0 saturated carbocycles. The van der Waals surface area contributed by atoms with Crippen molar-refractivity contribution in [2.75, 3.05) is 10.6 Å². The molecular formula is C25H21N2OP. The van der Waals surface area contributed by atoms with Gasteiger partial charge in [0.2, 0.25) is 0 Å². The van der Waals surface area contributed by atoms with Crippen LogP contribution in [0.3, 0.4) is 0 Å². The Balaban J connectivity index is 1.61. The van der Waals surface area contributed by atoms with Crippen LogP contribution in [0.5, 0.6) is 0 Å². The maximum Gasteiger partial charge on any atom is 0.323 e. The topological polar surface area (TPSA) is 41.1 Å². The Morgan fingerprint density at radius 2 is 0.966 bits per heavy atom. The second kappa shape index (κ2) is 9.18. The predicted molar refractivity (Wildman–Crippen MR) is 124 cm³/mol. The first-order valence-corrected chi connectivity index (χ1v) is 10.8. The molecule has 0 aromatic heterocycles. The van der Waals surface area contributed by atoms with Crippen LogP contribution in [-0.4, -0.2) is 6.03 Å². The fraction of sp³-hybridized carbons (Fsp3) is 0. The van der Waals surface area contributed by atoms with Gasteiger partial charge in [-0.3, -0.25) is 0 Å². The molecule has 2 N–H and O–H groups in total. The van der Waals surface area contributed by atoms with Crippen molar-refractivity contribution in [3.63, 3.8) is 0 Å². The molecule has 0 aliphatic heterocycles. The van der Waals surface area contributed by atoms with Gasteiger partial charge in [-0.05, 0) is 48.1 Å². The van der Waals surface area contributed by atoms with Gasteiger partial charge in [0.1, 0.15) is 0 Å². The number of anilines is 2. The number of para-hydroxylation sites is 1. The summed E-state index contributed by atoms with van der Waals surface area (Å²) < 4.78 is 0. The number of nitrogens with one attached hydrogen (secondary N) is 2. The van der Waals surface area contributed by atoms with Crippen LogP contribution in [0.2, 0.25) is 0 Å². The minimum atomic E-state index is -0.707. The Labute approximate surface area is 172 Å². The second-order valence-corrected chi connectivity index (χ2v) is 8.72. The summed E-state index contributed by atoms with van der Waals surface area (Å²) in [7, 11) is -0.707. The normalized spacial score (nSPS) is 10.5. The van der Waals surface area contributed by atoms with E-state index in [1.807, 2.05) is 54.6 Å². The van der Waals surface area contributed by atoms with Crippen molar-refractivity contribution in [2.24, 2.45) is 0 Å². The highest BCUT2D eigenvalue weighted by Gasteiger charge is 2.16. The van der Waals surface area contributed by atoms with Gasteiger partial charge < -0.3 is 10.6 Å². The van der Waals surface area contributed by atoms with E-state index in [1.165, 1.54) is 15.9 Å². The molecule has 0 atom stereocenters. The van der Waals surface area contributed by atoms with Gasteiger partial charge in [0, 0.05) is 11.4 Å². The number of carbonyl (C=O) groups excluding carboxylic acids is 1. The van der Waals surface area contributed by atoms with Gasteiger partial charge in [-0.25, -0.2) is 4.79 Å². The lowest BCUT2D eigenvalue weighted by molar-refractivity contribution is 0.262. The molecule has 4 aromatic carbocycles. The zero-order valence-corrected chi connectivity index (χ0v) is 16.7. The molecule has 0 aliphatic rings. The van der Waals surface area contributed by atoms with Crippen molar-refractivity contribution in [1.82, 2.24) is 0 Å². The lowest BCUT2D eigenvalue weighted by Gasteiger charge is -2.20. The van der Waals surface area contributed by atoms with E-state index < -0.39 is 7.92 Å². The molecule has 0 aliphatic carbocycles. The fourth-order valence-electron chi connectivity index (χ4n) is 3.14. The summed E-state index contributed by atoms with van der Waals surface area (Å²) in [5, 5.41) is 9.55. The van der Waals surface area contributed by atoms with E-state index in [-0.39, 0.29) is 6.03 Å². The number of benzene rings is 4. The molecule has 29 heavy (non-hydrogen) atoms. The van der Waals surface area contributed by atoms with Crippen molar-refractivity contribution in [3.8, 4) is 0 Å². The summed E-state index contributed by atoms with van der Waals surface area (Å²) in [5.74, 6) is 0. The first kappa shape index (κ1) is 18.9. The number of urea groups is 1. The van der Waals surface area contributed by atoms with Gasteiger partial charge in [-0.15, -0.1) is 0 Å². The first-order valence-electron chi connectivity index (χ1n) is 9.43. The maximum atomic E-state index is 12.4. The van der Waals surface area contributed by atoms with Crippen molar-refractivity contribution < 1.29 is 4.79 Å². The van der Waals surface area contributed by atoms with Crippen LogP contribution < -0.4 is 26.5 Å². The van der Waals surface area contributed by atoms with Crippen molar-refractivity contribution in [3.05, 3.63) is 115 Å². The molecule has 3 nitrogen and oxygen atoms in total. The third kappa shape index (κ3) is 4.90. The molecule has 0 radical (unpaired) electrons. The summed E-state index contributed by atoms with van der Waals surface area (Å²) in [6.07, 6.45) is 0. The number of hydrogen-bond acceptors (Lipinski definition) is 1. The van der Waals surface area contributed by atoms with Crippen LogP contribution in [-0.2, 0) is 0 Å². The number of amides is 2. The fourth-order valence-corrected chi connectivity index (χ4v) is 5.48. The van der Waals surface area contributed by atoms with Crippen LogP contribution in [0, 0.1) is 0 Å². The molecule has 2 amide bonds. The van der Waals surface area contributed by atoms with Crippen LogP contribution in [0.4, 0.5) is 16.2 Å². The Bertz CT molecular complexity index is 1030. The highest BCUT2D eigenvalue weighted by atomic mass is 31.1. The van der Waals surface area contributed by atoms with E-state index in [1.54, 1.807) is 0 Å². The van der Waals surface area contributed by atoms with E-state index >= 15 is 0 Å². The minimum Gasteiger partial charge on any atom is -0.308 e. The number of hydrogen-bond donors (Lipinski definition) is 2. The summed E-state index contributed by atoms with van der Waals surface area (Å²) in [6, 6.07) is 38.3. The van der Waals surface area contributed by atoms with E-state index in [9.17, 15) is 4.79 Å². The Morgan fingerprint density at radius 3 is 1.55 bits per heavy atom. The van der Waals surface area contributed by atoms with Crippen molar-refractivity contribution in [1.29, 1.82) is 0 Å². The molecule has 0 bridgehead atoms. The molecule has 0 fully saturated rings. The van der Waals surface area contributed by atoms with Crippen LogP contribution >= 0.6 is 7.92 Å². The van der Waals surface area contributed by atoms with Crippen molar-refractivity contribution >= 4 is 41.2 Å². The quantitative estimate of drug-likeness (QED) is 0.454. The monoisotopic (exact) mass is 396 g/mol. The van der Waals surface area contributed by atoms with Gasteiger partial charge in [0.25, 0.3) is 0 Å². The van der Waals surface area contributed by atoms with Gasteiger partial charge in [-0.2, -0.15) is 0 Å². The summed E-state index contributed by atoms with van der Waals surface area (Å²) >= 11 is 0. The number of rotatable bonds is 5. The predicted octanol–water partition coefficient (Wildman–Crippen LogP) is 5.09. The molecule has 0 saturated heterocycles. The average molecular weight is 396 g/mol. The molecule has 0 spiro atoms. The summed E-state index contributed by atoms with van der Waals surface area (Å²) in [5.41, 5.74) is 1.53. The second-order valence-electron chi connectivity index (χ2n) is 6.50. The van der Waals surface area contributed by atoms with Crippen LogP contribution in [0.1, 0.15) is 0 Å². The third-order valence-electron chi connectivity index (χ3n) is 4.42. The zero-order valence-electron chi connectivity index (χ0n) is 15.8. The van der Waals surface area contributed by atoms with Crippen LogP contribution in [0.25, 0.3) is 0 Å². The lowest BCUT2D eigenvalue weighted by atomic mass is 10.3. The summed E-state index contributed by atoms with van der Waals surface area (Å²) in [6.45, 7) is 0. The molecule has 142 valence electrons. The molecule has 4 aromatic rings. The van der Waals surface area contributed by atoms with E-state index in [0.29, 0.717) is 0 Å². The smallest absolute Gasteiger partial charge is 0.308 e. The van der Waals surface area contributed by atoms with Gasteiger partial charge >= 0.3 is 6.03 Å². The lowest BCUT2D eigenvalue weighted by Crippen LogP contribution is -2.23. The third-order valence-corrected chi connectivity index (χ3v) is 6.85. The minimum absolute atomic E-state index is 0.253. The molecule has 4 rings (SSSR count). The molecule has 4 heteroatoms. The number of carbonyl (C=O) groups is 1. The molecular weight excluding hydrogens is 375 g/mol. The maximum absolute atomic E-state index is 12.4. The van der Waals surface area contributed by atoms with E-state index in [0.717, 1.165) is 11.4 Å². The van der Waals surface area contributed by atoms with Gasteiger partial charge in [0.05, 0.1) is 0 Å². The zero-order chi connectivity index (χ0) is 19.9. The van der Waals surface area contributed by atoms with Crippen molar-refractivity contribution in [2.45, 2.75) is 0 Å². The average Bonchev–Trinajstić information content (AvgIpc) is 2.76. The first-order chi connectivity index (χ1) is 14.3. The highest BCUT2D eigenvalue weighted by molar-refractivity contribution is 7.79. The molecule has 0 unspecified atom stereocenters. The Morgan fingerprint density at radius 1 is 0.517 bits per heavy atom. The Hall–Kier alpha value is -3.42. The van der Waals surface area contributed by atoms with Gasteiger partial charge in [-0.1, -0.05) is 91.0 Å². The van der Waals surface area contributed by atoms with Crippen LogP contribution in [0.15, 0.2) is 115 Å². The highest BCUT2D eigenvalue weighted by Crippen LogP contribution is 2.33. The standard InChI is InChI=1S/C25H21N2OP/c28-25(26-20-11-4-1-5-12-20)27-21-13-10-18-24(19-21)29(22-14-6-2-7-15-22)23-16-8-3-9-17-23/h1-19H,(H2,26,27,28). The van der Waals surface area contributed by atoms with Gasteiger partial charge in [0.15, 0.2) is 0 Å². The Kier molecular flexibility index (Phi) is 5.99. The summed E-state index contributed by atoms with van der Waals surface area (Å²) in [4.78, 5) is 12.4. The SMILES string of the molecule is O=C(Nc1ccccc1)Nc1cccc(P(c2ccccc2)c2ccccc2)c1. The largest absolute Gasteiger partial charge is 0.323 e. The van der Waals surface area contributed by atoms with E-state index in [4.69, 9.17) is 0 Å².